The van der Waals surface area contributed by atoms with Crippen LogP contribution in [0.4, 0.5) is 0 Å². The zero-order chi connectivity index (χ0) is 26.0. The minimum absolute atomic E-state index is 0.143. The lowest BCUT2D eigenvalue weighted by molar-refractivity contribution is -0.151. The molecule has 0 aliphatic carbocycles. The first-order valence-corrected chi connectivity index (χ1v) is 11.9. The van der Waals surface area contributed by atoms with Crippen molar-refractivity contribution in [2.75, 3.05) is 6.61 Å². The van der Waals surface area contributed by atoms with Crippen molar-refractivity contribution in [3.05, 3.63) is 107 Å². The van der Waals surface area contributed by atoms with E-state index in [0.29, 0.717) is 0 Å². The van der Waals surface area contributed by atoms with E-state index in [1.165, 1.54) is 22.3 Å². The minimum atomic E-state index is -0.467. The summed E-state index contributed by atoms with van der Waals surface area (Å²) in [6.45, 7) is 17.9. The van der Waals surface area contributed by atoms with Gasteiger partial charge in [0.2, 0.25) is 0 Å². The number of benzene rings is 3. The highest BCUT2D eigenvalue weighted by Gasteiger charge is 2.22. The maximum atomic E-state index is 11.4. The number of esters is 1. The molecule has 0 unspecified atom stereocenters. The molecule has 0 fully saturated rings. The largest absolute Gasteiger partial charge is 0.452 e. The molecular formula is C32H42O2. The molecule has 0 saturated heterocycles. The Balaban J connectivity index is 0.000000527. The van der Waals surface area contributed by atoms with Crippen molar-refractivity contribution in [3.63, 3.8) is 0 Å². The average Bonchev–Trinajstić information content (AvgIpc) is 2.82. The van der Waals surface area contributed by atoms with E-state index in [0.717, 1.165) is 5.56 Å². The molecule has 34 heavy (non-hydrogen) atoms. The van der Waals surface area contributed by atoms with E-state index in [4.69, 9.17) is 4.74 Å². The molecular weight excluding hydrogens is 416 g/mol. The van der Waals surface area contributed by atoms with Crippen LogP contribution in [0, 0.1) is 45.0 Å². The first-order chi connectivity index (χ1) is 16.1. The lowest BCUT2D eigenvalue weighted by Crippen LogP contribution is -2.22. The van der Waals surface area contributed by atoms with Crippen LogP contribution in [-0.2, 0) is 9.53 Å². The first-order valence-electron chi connectivity index (χ1n) is 11.9. The van der Waals surface area contributed by atoms with Crippen molar-refractivity contribution < 1.29 is 9.53 Å². The number of rotatable bonds is 1. The Morgan fingerprint density at radius 2 is 1.06 bits per heavy atom. The molecule has 0 aromatic heterocycles. The molecule has 0 atom stereocenters. The summed E-state index contributed by atoms with van der Waals surface area (Å²) in [5.41, 5.74) is 5.65. The van der Waals surface area contributed by atoms with Gasteiger partial charge >= 0.3 is 5.97 Å². The molecule has 0 heterocycles. The zero-order valence-electron chi connectivity index (χ0n) is 22.5. The lowest BCUT2D eigenvalue weighted by atomic mass is 9.97. The maximum absolute atomic E-state index is 11.4. The Bertz CT molecular complexity index is 960. The molecule has 3 rings (SSSR count). The van der Waals surface area contributed by atoms with E-state index in [1.54, 1.807) is 0 Å². The second kappa shape index (κ2) is 17.2. The van der Waals surface area contributed by atoms with Crippen LogP contribution in [-0.4, -0.2) is 12.6 Å². The summed E-state index contributed by atoms with van der Waals surface area (Å²) in [6, 6.07) is 26.7. The van der Waals surface area contributed by atoms with Crippen LogP contribution in [0.2, 0.25) is 0 Å². The van der Waals surface area contributed by atoms with Gasteiger partial charge in [0.05, 0.1) is 5.41 Å². The molecule has 0 amide bonds. The predicted octanol–water partition coefficient (Wildman–Crippen LogP) is 8.26. The molecule has 2 nitrogen and oxygen atoms in total. The summed E-state index contributed by atoms with van der Waals surface area (Å²) < 4.78 is 5.04. The van der Waals surface area contributed by atoms with Crippen LogP contribution >= 0.6 is 0 Å². The van der Waals surface area contributed by atoms with Gasteiger partial charge in [-0.1, -0.05) is 115 Å². The van der Waals surface area contributed by atoms with Gasteiger partial charge in [-0.25, -0.2) is 0 Å². The van der Waals surface area contributed by atoms with E-state index in [2.05, 4.69) is 69.0 Å². The monoisotopic (exact) mass is 458 g/mol. The number of hydrogen-bond acceptors (Lipinski definition) is 2. The summed E-state index contributed by atoms with van der Waals surface area (Å²) in [5.74, 6) is 5.56. The highest BCUT2D eigenvalue weighted by molar-refractivity contribution is 5.75. The number of aryl methyl sites for hydroxylation is 4. The predicted molar refractivity (Wildman–Crippen MR) is 147 cm³/mol. The van der Waals surface area contributed by atoms with Crippen LogP contribution in [0.1, 0.15) is 62.4 Å². The van der Waals surface area contributed by atoms with E-state index < -0.39 is 5.41 Å². The lowest BCUT2D eigenvalue weighted by Gasteiger charge is -2.14. The van der Waals surface area contributed by atoms with Crippen molar-refractivity contribution in [3.8, 4) is 11.8 Å². The Hall–Kier alpha value is -3.31. The molecule has 0 spiro atoms. The zero-order valence-corrected chi connectivity index (χ0v) is 22.5. The molecule has 0 N–H and O–H groups in total. The Morgan fingerprint density at radius 3 is 1.41 bits per heavy atom. The molecule has 0 aliphatic rings. The molecule has 0 aliphatic heterocycles. The van der Waals surface area contributed by atoms with Gasteiger partial charge in [-0.05, 0) is 60.6 Å². The second-order valence-electron chi connectivity index (χ2n) is 8.80. The van der Waals surface area contributed by atoms with Crippen LogP contribution in [0.15, 0.2) is 78.9 Å². The van der Waals surface area contributed by atoms with Crippen molar-refractivity contribution in [1.82, 2.24) is 0 Å². The summed E-state index contributed by atoms with van der Waals surface area (Å²) in [6.07, 6.45) is 0. The van der Waals surface area contributed by atoms with Crippen molar-refractivity contribution in [2.45, 2.75) is 62.3 Å². The Labute approximate surface area is 208 Å². The van der Waals surface area contributed by atoms with Crippen molar-refractivity contribution in [1.29, 1.82) is 0 Å². The summed E-state index contributed by atoms with van der Waals surface area (Å²) in [7, 11) is 0. The highest BCUT2D eigenvalue weighted by atomic mass is 16.5. The fraction of sp³-hybridized carbons (Fsp3) is 0.344. The van der Waals surface area contributed by atoms with E-state index in [9.17, 15) is 4.79 Å². The van der Waals surface area contributed by atoms with Gasteiger partial charge in [-0.3, -0.25) is 4.79 Å². The van der Waals surface area contributed by atoms with Gasteiger partial charge < -0.3 is 4.74 Å². The van der Waals surface area contributed by atoms with Crippen LogP contribution in [0.25, 0.3) is 0 Å². The summed E-state index contributed by atoms with van der Waals surface area (Å²) in [5, 5.41) is 0. The Kier molecular flexibility index (Phi) is 15.5. The third-order valence-corrected chi connectivity index (χ3v) is 4.33. The Morgan fingerprint density at radius 1 is 0.676 bits per heavy atom. The molecule has 182 valence electrons. The smallest absolute Gasteiger partial charge is 0.312 e. The third kappa shape index (κ3) is 15.5. The number of carbonyl (C=O) groups excluding carboxylic acids is 1. The number of carbonyl (C=O) groups is 1. The van der Waals surface area contributed by atoms with Crippen molar-refractivity contribution >= 4 is 5.97 Å². The minimum Gasteiger partial charge on any atom is -0.452 e. The summed E-state index contributed by atoms with van der Waals surface area (Å²) in [4.78, 5) is 11.4. The molecule has 3 aromatic rings. The number of hydrogen-bond donors (Lipinski definition) is 0. The normalized spacial score (nSPS) is 9.32. The SMILES string of the molecule is CC.Cc1ccc(C#CCOC(=O)C(C)(C)C)cc1.Cc1ccc(C)cc1.Cc1ccccc1. The standard InChI is InChI=1S/C15H18O2.C8H10.C7H8.C2H6/c1-12-7-9-13(10-8-12)6-5-11-17-14(16)15(2,3)4;1-7-3-5-8(2)6-4-7;1-7-5-3-2-4-6-7;1-2/h7-10H,11H2,1-4H3;3-6H,1-2H3;2-6H,1H3;1-2H3. The maximum Gasteiger partial charge on any atom is 0.312 e. The van der Waals surface area contributed by atoms with Gasteiger partial charge in [-0.15, -0.1) is 0 Å². The van der Waals surface area contributed by atoms with Crippen LogP contribution in [0.3, 0.4) is 0 Å². The molecule has 0 bridgehead atoms. The van der Waals surface area contributed by atoms with E-state index in [1.807, 2.05) is 84.0 Å². The number of ether oxygens (including phenoxy) is 1. The molecule has 0 radical (unpaired) electrons. The first kappa shape index (κ1) is 30.7. The van der Waals surface area contributed by atoms with Gasteiger partial charge in [-0.2, -0.15) is 0 Å². The van der Waals surface area contributed by atoms with Crippen molar-refractivity contribution in [2.24, 2.45) is 5.41 Å². The molecule has 3 aromatic carbocycles. The third-order valence-electron chi connectivity index (χ3n) is 4.33. The molecule has 0 saturated carbocycles. The fourth-order valence-corrected chi connectivity index (χ4v) is 2.26. The quantitative estimate of drug-likeness (QED) is 0.271. The van der Waals surface area contributed by atoms with Crippen LogP contribution < -0.4 is 0 Å². The summed E-state index contributed by atoms with van der Waals surface area (Å²) >= 11 is 0. The van der Waals surface area contributed by atoms with Gasteiger partial charge in [0, 0.05) is 5.56 Å². The topological polar surface area (TPSA) is 26.3 Å². The van der Waals surface area contributed by atoms with Crippen LogP contribution in [0.5, 0.6) is 0 Å². The van der Waals surface area contributed by atoms with Gasteiger partial charge in [0.25, 0.3) is 0 Å². The van der Waals surface area contributed by atoms with E-state index >= 15 is 0 Å². The van der Waals surface area contributed by atoms with E-state index in [-0.39, 0.29) is 12.6 Å². The second-order valence-corrected chi connectivity index (χ2v) is 8.80. The molecule has 2 heteroatoms. The average molecular weight is 459 g/mol. The highest BCUT2D eigenvalue weighted by Crippen LogP contribution is 2.14. The van der Waals surface area contributed by atoms with Gasteiger partial charge in [0.1, 0.15) is 0 Å². The van der Waals surface area contributed by atoms with Gasteiger partial charge in [0.15, 0.2) is 6.61 Å². The fourth-order valence-electron chi connectivity index (χ4n) is 2.26.